The van der Waals surface area contributed by atoms with Gasteiger partial charge in [0.15, 0.2) is 0 Å². The van der Waals surface area contributed by atoms with E-state index in [0.29, 0.717) is 18.9 Å². The molecule has 26 heavy (non-hydrogen) atoms. The molecule has 134 valence electrons. The van der Waals surface area contributed by atoms with Crippen LogP contribution in [0.3, 0.4) is 0 Å². The van der Waals surface area contributed by atoms with E-state index in [2.05, 4.69) is 18.1 Å². The first-order valence-electron chi connectivity index (χ1n) is 9.01. The first-order valence-corrected chi connectivity index (χ1v) is 9.01. The monoisotopic (exact) mass is 349 g/mol. The van der Waals surface area contributed by atoms with E-state index in [1.807, 2.05) is 49.6 Å². The highest BCUT2D eigenvalue weighted by Gasteiger charge is 2.36. The van der Waals surface area contributed by atoms with Gasteiger partial charge in [-0.2, -0.15) is 5.10 Å². The van der Waals surface area contributed by atoms with Crippen molar-refractivity contribution in [3.8, 4) is 5.69 Å². The maximum atomic E-state index is 12.5. The second-order valence-electron chi connectivity index (χ2n) is 7.17. The van der Waals surface area contributed by atoms with E-state index in [-0.39, 0.29) is 5.91 Å². The number of amides is 1. The van der Waals surface area contributed by atoms with Gasteiger partial charge in [-0.3, -0.25) is 4.79 Å². The van der Waals surface area contributed by atoms with Crippen molar-refractivity contribution in [2.75, 3.05) is 7.05 Å². The van der Waals surface area contributed by atoms with Gasteiger partial charge in [0, 0.05) is 25.4 Å². The van der Waals surface area contributed by atoms with Gasteiger partial charge in [-0.25, -0.2) is 4.68 Å². The van der Waals surface area contributed by atoms with Gasteiger partial charge in [0.2, 0.25) is 5.91 Å². The van der Waals surface area contributed by atoms with Crippen LogP contribution in [0.15, 0.2) is 59.3 Å². The molecule has 0 spiro atoms. The number of furan rings is 1. The molecule has 1 saturated carbocycles. The van der Waals surface area contributed by atoms with E-state index in [1.165, 1.54) is 6.42 Å². The molecule has 0 aliphatic heterocycles. The third-order valence-electron chi connectivity index (χ3n) is 5.04. The molecular formula is C21H23N3O2. The fourth-order valence-electron chi connectivity index (χ4n) is 3.22. The molecule has 1 fully saturated rings. The maximum absolute atomic E-state index is 12.5. The number of nitrogens with zero attached hydrogens (tertiary/aromatic N) is 3. The Labute approximate surface area is 153 Å². The summed E-state index contributed by atoms with van der Waals surface area (Å²) in [5.41, 5.74) is 1.97. The van der Waals surface area contributed by atoms with Gasteiger partial charge in [-0.15, -0.1) is 0 Å². The third-order valence-corrected chi connectivity index (χ3v) is 5.04. The molecule has 5 nitrogen and oxygen atoms in total. The summed E-state index contributed by atoms with van der Waals surface area (Å²) in [6.07, 6.45) is 5.23. The number of hydrogen-bond acceptors (Lipinski definition) is 3. The van der Waals surface area contributed by atoms with Crippen LogP contribution in [-0.4, -0.2) is 27.6 Å². The Hall–Kier alpha value is -2.82. The minimum atomic E-state index is 0.0783. The van der Waals surface area contributed by atoms with Crippen molar-refractivity contribution in [3.05, 3.63) is 71.9 Å². The highest BCUT2D eigenvalue weighted by molar-refractivity contribution is 5.78. The molecule has 1 aliphatic rings. The smallest absolute Gasteiger partial charge is 0.227 e. The molecule has 0 radical (unpaired) electrons. The van der Waals surface area contributed by atoms with Crippen molar-refractivity contribution in [2.24, 2.45) is 5.92 Å². The quantitative estimate of drug-likeness (QED) is 0.680. The number of benzene rings is 1. The van der Waals surface area contributed by atoms with Crippen LogP contribution < -0.4 is 0 Å². The first kappa shape index (κ1) is 16.6. The molecule has 1 aromatic carbocycles. The standard InChI is InChI=1S/C21H23N3O2/c1-15-12-19(15)20-9-8-18(26-20)14-23(2)21(25)13-16-4-6-17(7-5-16)24-11-3-10-22-24/h3-11,15,19H,12-14H2,1-2H3/t15-,19+/m1/s1. The van der Waals surface area contributed by atoms with Crippen LogP contribution in [0.4, 0.5) is 0 Å². The van der Waals surface area contributed by atoms with Crippen LogP contribution in [0.5, 0.6) is 0 Å². The zero-order chi connectivity index (χ0) is 18.1. The van der Waals surface area contributed by atoms with Gasteiger partial charge < -0.3 is 9.32 Å². The van der Waals surface area contributed by atoms with Crippen molar-refractivity contribution in [1.29, 1.82) is 0 Å². The molecule has 2 heterocycles. The van der Waals surface area contributed by atoms with E-state index >= 15 is 0 Å². The zero-order valence-electron chi connectivity index (χ0n) is 15.1. The molecule has 3 aromatic rings. The van der Waals surface area contributed by atoms with Gasteiger partial charge in [-0.1, -0.05) is 19.1 Å². The zero-order valence-corrected chi connectivity index (χ0v) is 15.1. The first-order chi connectivity index (χ1) is 12.6. The Morgan fingerprint density at radius 3 is 2.69 bits per heavy atom. The van der Waals surface area contributed by atoms with Gasteiger partial charge in [0.25, 0.3) is 0 Å². The molecular weight excluding hydrogens is 326 g/mol. The Balaban J connectivity index is 1.34. The van der Waals surface area contributed by atoms with Crippen molar-refractivity contribution < 1.29 is 9.21 Å². The topological polar surface area (TPSA) is 51.3 Å². The largest absolute Gasteiger partial charge is 0.464 e. The minimum Gasteiger partial charge on any atom is -0.464 e. The summed E-state index contributed by atoms with van der Waals surface area (Å²) in [7, 11) is 1.82. The van der Waals surface area contributed by atoms with Gasteiger partial charge in [0.1, 0.15) is 11.5 Å². The molecule has 2 atom stereocenters. The predicted octanol–water partition coefficient (Wildman–Crippen LogP) is 3.79. The molecule has 4 rings (SSSR count). The van der Waals surface area contributed by atoms with E-state index in [4.69, 9.17) is 4.42 Å². The van der Waals surface area contributed by atoms with Crippen LogP contribution in [0.2, 0.25) is 0 Å². The lowest BCUT2D eigenvalue weighted by Gasteiger charge is -2.16. The lowest BCUT2D eigenvalue weighted by Crippen LogP contribution is -2.27. The van der Waals surface area contributed by atoms with Crippen LogP contribution >= 0.6 is 0 Å². The summed E-state index contributed by atoms with van der Waals surface area (Å²) in [5, 5.41) is 4.21. The average molecular weight is 349 g/mol. The maximum Gasteiger partial charge on any atom is 0.227 e. The van der Waals surface area contributed by atoms with Crippen molar-refractivity contribution >= 4 is 5.91 Å². The summed E-state index contributed by atoms with van der Waals surface area (Å²) in [6, 6.07) is 13.8. The van der Waals surface area contributed by atoms with E-state index < -0.39 is 0 Å². The lowest BCUT2D eigenvalue weighted by molar-refractivity contribution is -0.129. The van der Waals surface area contributed by atoms with E-state index in [1.54, 1.807) is 15.8 Å². The summed E-state index contributed by atoms with van der Waals surface area (Å²) < 4.78 is 7.70. The molecule has 0 unspecified atom stereocenters. The normalized spacial score (nSPS) is 18.7. The summed E-state index contributed by atoms with van der Waals surface area (Å²) in [6.45, 7) is 2.74. The average Bonchev–Trinajstić information content (AvgIpc) is 3.07. The van der Waals surface area contributed by atoms with Crippen molar-refractivity contribution in [1.82, 2.24) is 14.7 Å². The summed E-state index contributed by atoms with van der Waals surface area (Å²) in [4.78, 5) is 14.2. The van der Waals surface area contributed by atoms with Gasteiger partial charge in [0.05, 0.1) is 18.7 Å². The number of carbonyl (C=O) groups is 1. The van der Waals surface area contributed by atoms with Crippen molar-refractivity contribution in [3.63, 3.8) is 0 Å². The van der Waals surface area contributed by atoms with E-state index in [9.17, 15) is 4.79 Å². The van der Waals surface area contributed by atoms with Crippen LogP contribution in [0.25, 0.3) is 5.69 Å². The van der Waals surface area contributed by atoms with E-state index in [0.717, 1.165) is 28.7 Å². The molecule has 0 bridgehead atoms. The number of likely N-dealkylation sites (N-methyl/N-ethyl adjacent to an activating group) is 1. The molecule has 1 amide bonds. The highest BCUT2D eigenvalue weighted by atomic mass is 16.3. The molecule has 0 N–H and O–H groups in total. The predicted molar refractivity (Wildman–Crippen MR) is 99.0 cm³/mol. The van der Waals surface area contributed by atoms with Crippen LogP contribution in [0.1, 0.15) is 36.3 Å². The number of hydrogen-bond donors (Lipinski definition) is 0. The summed E-state index contributed by atoms with van der Waals surface area (Å²) >= 11 is 0. The third kappa shape index (κ3) is 3.57. The fourth-order valence-corrected chi connectivity index (χ4v) is 3.22. The SMILES string of the molecule is C[C@@H]1C[C@@H]1c1ccc(CN(C)C(=O)Cc2ccc(-n3cccn3)cc2)o1. The lowest BCUT2D eigenvalue weighted by atomic mass is 10.1. The fraction of sp³-hybridized carbons (Fsp3) is 0.333. The molecule has 5 heteroatoms. The Bertz CT molecular complexity index is 880. The second kappa shape index (κ2) is 6.83. The highest BCUT2D eigenvalue weighted by Crippen LogP contribution is 2.47. The van der Waals surface area contributed by atoms with Crippen molar-refractivity contribution in [2.45, 2.75) is 32.2 Å². The Morgan fingerprint density at radius 1 is 1.27 bits per heavy atom. The number of aromatic nitrogens is 2. The molecule has 0 saturated heterocycles. The van der Waals surface area contributed by atoms with Gasteiger partial charge >= 0.3 is 0 Å². The minimum absolute atomic E-state index is 0.0783. The summed E-state index contributed by atoms with van der Waals surface area (Å²) in [5.74, 6) is 3.28. The number of carbonyl (C=O) groups excluding carboxylic acids is 1. The van der Waals surface area contributed by atoms with Gasteiger partial charge in [-0.05, 0) is 48.2 Å². The second-order valence-corrected chi connectivity index (χ2v) is 7.17. The Kier molecular flexibility index (Phi) is 4.37. The van der Waals surface area contributed by atoms with Crippen LogP contribution in [-0.2, 0) is 17.8 Å². The molecule has 1 aliphatic carbocycles. The molecule has 2 aromatic heterocycles. The van der Waals surface area contributed by atoms with Crippen LogP contribution in [0, 0.1) is 5.92 Å². The number of rotatable bonds is 6. The Morgan fingerprint density at radius 2 is 2.04 bits per heavy atom.